The molecule has 10 rings (SSSR count). The number of hydrogen-bond acceptors (Lipinski definition) is 4. The lowest BCUT2D eigenvalue weighted by Crippen LogP contribution is -2.04. The third kappa shape index (κ3) is 37.8. The van der Waals surface area contributed by atoms with Crippen molar-refractivity contribution in [1.82, 2.24) is 19.9 Å². The summed E-state index contributed by atoms with van der Waals surface area (Å²) in [6.45, 7) is 23.9. The largest absolute Gasteiger partial charge is 0.416 e. The van der Waals surface area contributed by atoms with Gasteiger partial charge in [-0.05, 0) is 190 Å². The molecule has 0 bridgehead atoms. The van der Waals surface area contributed by atoms with Crippen LogP contribution in [0.25, 0.3) is 0 Å². The monoisotopic (exact) mass is 1140 g/mol. The fourth-order valence-electron chi connectivity index (χ4n) is 5.86. The van der Waals surface area contributed by atoms with E-state index in [1.165, 1.54) is 66.1 Å². The number of pyridine rings is 2. The molecule has 0 radical (unpaired) electrons. The maximum absolute atomic E-state index is 12.6. The van der Waals surface area contributed by atoms with Gasteiger partial charge in [0.05, 0.1) is 5.56 Å². The van der Waals surface area contributed by atoms with Crippen LogP contribution in [0.1, 0.15) is 85.7 Å². The van der Waals surface area contributed by atoms with Crippen molar-refractivity contribution in [1.29, 1.82) is 0 Å². The van der Waals surface area contributed by atoms with Gasteiger partial charge < -0.3 is 0 Å². The van der Waals surface area contributed by atoms with Crippen molar-refractivity contribution < 1.29 is 35.1 Å². The summed E-state index contributed by atoms with van der Waals surface area (Å²) in [7, 11) is 0. The van der Waals surface area contributed by atoms with Crippen LogP contribution >= 0.6 is 0 Å². The predicted molar refractivity (Wildman–Crippen MR) is 329 cm³/mol. The Kier molecular flexibility index (Phi) is 37.8. The first-order chi connectivity index (χ1) is 38.8. The van der Waals surface area contributed by atoms with Crippen molar-refractivity contribution in [2.45, 2.75) is 104 Å². The van der Waals surface area contributed by atoms with Gasteiger partial charge >= 0.3 is 6.18 Å². The summed E-state index contributed by atoms with van der Waals surface area (Å²) in [6, 6.07) is 56.8. The van der Waals surface area contributed by atoms with Crippen LogP contribution in [0.2, 0.25) is 0 Å². The summed E-state index contributed by atoms with van der Waals surface area (Å²) in [5.41, 5.74) is 10.1. The van der Waals surface area contributed by atoms with E-state index in [9.17, 15) is 35.1 Å². The molecule has 4 nitrogen and oxygen atoms in total. The topological polar surface area (TPSA) is 51.6 Å². The number of halogens is 8. The molecular weight excluding hydrogens is 1060 g/mol. The van der Waals surface area contributed by atoms with E-state index in [-0.39, 0.29) is 30.4 Å². The Balaban J connectivity index is 0.000000902. The van der Waals surface area contributed by atoms with Gasteiger partial charge in [-0.25, -0.2) is 31.9 Å². The van der Waals surface area contributed by atoms with E-state index in [1.807, 2.05) is 127 Å². The molecule has 0 aliphatic rings. The van der Waals surface area contributed by atoms with Gasteiger partial charge in [0, 0.05) is 42.2 Å². The van der Waals surface area contributed by atoms with Gasteiger partial charge in [-0.2, -0.15) is 13.2 Å². The lowest BCUT2D eigenvalue weighted by atomic mass is 10.1. The van der Waals surface area contributed by atoms with Crippen LogP contribution in [0.5, 0.6) is 0 Å². The normalized spacial score (nSPS) is 9.41. The third-order valence-corrected chi connectivity index (χ3v) is 10.6. The maximum atomic E-state index is 12.6. The lowest BCUT2D eigenvalue weighted by Gasteiger charge is -2.05. The number of hydrogen-bond donors (Lipinski definition) is 0. The first kappa shape index (κ1) is 74.4. The highest BCUT2D eigenvalue weighted by Crippen LogP contribution is 2.29. The minimum absolute atomic E-state index is 0. The van der Waals surface area contributed by atoms with Crippen LogP contribution in [0, 0.1) is 119 Å². The zero-order valence-electron chi connectivity index (χ0n) is 49.2. The highest BCUT2D eigenvalue weighted by molar-refractivity contribution is 5.26. The predicted octanol–water partition coefficient (Wildman–Crippen LogP) is 20.8. The first-order valence-corrected chi connectivity index (χ1v) is 26.0. The molecule has 10 aromatic rings. The molecule has 0 atom stereocenters. The summed E-state index contributed by atoms with van der Waals surface area (Å²) < 4.78 is 98.4. The number of alkyl halides is 3. The quantitative estimate of drug-likeness (QED) is 0.142. The summed E-state index contributed by atoms with van der Waals surface area (Å²) in [6.07, 6.45) is 4.62. The third-order valence-electron chi connectivity index (χ3n) is 10.6. The molecule has 0 fully saturated rings. The zero-order valence-corrected chi connectivity index (χ0v) is 49.2. The summed E-state index contributed by atoms with van der Waals surface area (Å²) in [5.74, 6) is -0.530. The smallest absolute Gasteiger partial charge is 0.264 e. The van der Waals surface area contributed by atoms with Gasteiger partial charge in [0.2, 0.25) is 0 Å². The van der Waals surface area contributed by atoms with Crippen molar-refractivity contribution in [2.24, 2.45) is 0 Å². The fraction of sp³-hybridized carbons (Fsp3) is 0.211. The van der Waals surface area contributed by atoms with Crippen LogP contribution in [0.3, 0.4) is 0 Å². The SMILES string of the molecule is C.Cc1cc(F)c(C)c(F)c1.Cc1ccc(C)c(F)c1.Cc1ccc(C)c(F)c1.Cc1ccc(F)cc1.Cc1cccc(C(F)(F)F)c1.Cc1ccccc1.Cc1ccccc1.Cc1ccccn1.Cc1cccnc1.Cc1ncccn1. The molecule has 0 saturated carbocycles. The zero-order chi connectivity index (χ0) is 61.5. The van der Waals surface area contributed by atoms with E-state index in [4.69, 9.17) is 0 Å². The Bertz CT molecular complexity index is 2920. The average Bonchev–Trinajstić information content (AvgIpc) is 3.48. The van der Waals surface area contributed by atoms with Gasteiger partial charge in [0.1, 0.15) is 34.9 Å². The Morgan fingerprint density at radius 2 is 0.711 bits per heavy atom. The highest BCUT2D eigenvalue weighted by Gasteiger charge is 2.29. The van der Waals surface area contributed by atoms with Crippen molar-refractivity contribution in [2.75, 3.05) is 0 Å². The van der Waals surface area contributed by atoms with Crippen molar-refractivity contribution in [3.8, 4) is 0 Å². The Labute approximate surface area is 489 Å². The van der Waals surface area contributed by atoms with Crippen LogP contribution in [-0.4, -0.2) is 19.9 Å². The molecule has 0 unspecified atom stereocenters. The van der Waals surface area contributed by atoms with Crippen LogP contribution in [0.15, 0.2) is 225 Å². The van der Waals surface area contributed by atoms with Gasteiger partial charge in [-0.1, -0.05) is 157 Å². The Morgan fingerprint density at radius 3 is 0.988 bits per heavy atom. The second kappa shape index (κ2) is 42.2. The number of aryl methyl sites for hydroxylation is 12. The van der Waals surface area contributed by atoms with E-state index < -0.39 is 23.4 Å². The number of nitrogens with zero attached hydrogens (tertiary/aromatic N) is 4. The summed E-state index contributed by atoms with van der Waals surface area (Å²) in [5, 5.41) is 0. The number of aromatic nitrogens is 4. The molecule has 12 heteroatoms. The second-order valence-electron chi connectivity index (χ2n) is 18.6. The molecule has 0 aliphatic carbocycles. The molecule has 3 heterocycles. The molecule has 0 saturated heterocycles. The van der Waals surface area contributed by atoms with Crippen molar-refractivity contribution >= 4 is 0 Å². The molecule has 83 heavy (non-hydrogen) atoms. The number of rotatable bonds is 0. The average molecular weight is 1140 g/mol. The molecule has 7 aromatic carbocycles. The molecule has 0 spiro atoms. The van der Waals surface area contributed by atoms with Crippen molar-refractivity contribution in [3.63, 3.8) is 0 Å². The van der Waals surface area contributed by atoms with Crippen LogP contribution < -0.4 is 0 Å². The van der Waals surface area contributed by atoms with Gasteiger partial charge in [-0.15, -0.1) is 0 Å². The minimum Gasteiger partial charge on any atom is -0.264 e. The molecular formula is C71H80F8N4. The van der Waals surface area contributed by atoms with Gasteiger partial charge in [0.15, 0.2) is 0 Å². The van der Waals surface area contributed by atoms with Gasteiger partial charge in [0.25, 0.3) is 0 Å². The molecule has 0 amide bonds. The summed E-state index contributed by atoms with van der Waals surface area (Å²) in [4.78, 5) is 15.6. The summed E-state index contributed by atoms with van der Waals surface area (Å²) >= 11 is 0. The van der Waals surface area contributed by atoms with E-state index in [2.05, 4.69) is 58.0 Å². The standard InChI is InChI=1S/C8H7F3.C8H8F2.2C8H9F.C7H7F.2C7H8.2C6H7N.C5H6N2.CH4/c1-6-3-2-4-7(5-6)8(9,10)11;1-5-3-7(9)6(2)8(10)4-5;2*1-6-3-4-7(2)8(9)5-6;1-6-2-4-7(8)5-3-6;2*1-7-5-3-2-4-6-7;1-6-3-2-4-7-5-6;1-6-4-2-3-5-7-6;1-5-6-3-2-4-7-5;/h2-5H,1H3;3-4H,1-2H3;2*3-5H,1-2H3;2-5H,1H3;2*2-6H,1H3;2*2-5H,1H3;2-4H,1H3;1H4. The molecule has 0 N–H and O–H groups in total. The van der Waals surface area contributed by atoms with Crippen molar-refractivity contribution in [3.05, 3.63) is 332 Å². The minimum atomic E-state index is -4.22. The Morgan fingerprint density at radius 1 is 0.313 bits per heavy atom. The van der Waals surface area contributed by atoms with Crippen LogP contribution in [-0.2, 0) is 6.18 Å². The lowest BCUT2D eigenvalue weighted by molar-refractivity contribution is -0.137. The van der Waals surface area contributed by atoms with E-state index in [0.717, 1.165) is 40.3 Å². The maximum Gasteiger partial charge on any atom is 0.416 e. The fourth-order valence-corrected chi connectivity index (χ4v) is 5.86. The molecule has 0 aliphatic heterocycles. The molecule has 3 aromatic heterocycles. The van der Waals surface area contributed by atoms with E-state index in [1.54, 1.807) is 88.9 Å². The van der Waals surface area contributed by atoms with Gasteiger partial charge in [-0.3, -0.25) is 9.97 Å². The number of benzene rings is 7. The Hall–Kier alpha value is -8.64. The molecule has 440 valence electrons. The van der Waals surface area contributed by atoms with Crippen LogP contribution in [0.4, 0.5) is 35.1 Å². The highest BCUT2D eigenvalue weighted by atomic mass is 19.4. The first-order valence-electron chi connectivity index (χ1n) is 26.0. The van der Waals surface area contributed by atoms with E-state index >= 15 is 0 Å². The second-order valence-corrected chi connectivity index (χ2v) is 18.6. The van der Waals surface area contributed by atoms with E-state index in [0.29, 0.717) is 22.3 Å².